The Hall–Kier alpha value is -2.96. The molecule has 194 valence electrons. The number of hydrogen-bond donors (Lipinski definition) is 2. The summed E-state index contributed by atoms with van der Waals surface area (Å²) in [6, 6.07) is 11.2. The molecule has 0 atom stereocenters. The van der Waals surface area contributed by atoms with Gasteiger partial charge in [-0.25, -0.2) is 16.8 Å². The predicted octanol–water partition coefficient (Wildman–Crippen LogP) is 2.61. The monoisotopic (exact) mass is 534 g/mol. The molecule has 12 heteroatoms. The summed E-state index contributed by atoms with van der Waals surface area (Å²) in [7, 11) is -7.70. The van der Waals surface area contributed by atoms with Crippen molar-refractivity contribution in [2.45, 2.75) is 61.4 Å². The number of sulfonamides is 2. The number of anilines is 2. The maximum atomic E-state index is 13.5. The number of nitrogens with zero attached hydrogens (tertiary/aromatic N) is 2. The highest BCUT2D eigenvalue weighted by Crippen LogP contribution is 2.37. The Morgan fingerprint density at radius 2 is 1.28 bits per heavy atom. The summed E-state index contributed by atoms with van der Waals surface area (Å²) >= 11 is 0. The van der Waals surface area contributed by atoms with Crippen LogP contribution in [0.5, 0.6) is 0 Å². The second kappa shape index (κ2) is 10.2. The van der Waals surface area contributed by atoms with Crippen LogP contribution in [0.15, 0.2) is 58.3 Å². The molecule has 1 aliphatic heterocycles. The van der Waals surface area contributed by atoms with Gasteiger partial charge in [-0.1, -0.05) is 0 Å². The van der Waals surface area contributed by atoms with Crippen molar-refractivity contribution in [3.05, 3.63) is 48.5 Å². The number of likely N-dealkylation sites (tertiary alicyclic amines) is 1. The summed E-state index contributed by atoms with van der Waals surface area (Å²) in [5.74, 6) is -0.267. The summed E-state index contributed by atoms with van der Waals surface area (Å²) in [6.07, 6.45) is 2.80. The Labute approximate surface area is 211 Å². The average molecular weight is 535 g/mol. The third kappa shape index (κ3) is 5.88. The van der Waals surface area contributed by atoms with Crippen LogP contribution in [-0.2, 0) is 29.6 Å². The van der Waals surface area contributed by atoms with Gasteiger partial charge in [-0.05, 0) is 74.2 Å². The minimum atomic E-state index is -3.91. The van der Waals surface area contributed by atoms with Crippen molar-refractivity contribution in [3.63, 3.8) is 0 Å². The molecule has 0 radical (unpaired) electrons. The highest BCUT2D eigenvalue weighted by molar-refractivity contribution is 7.92. The molecule has 1 heterocycles. The first-order chi connectivity index (χ1) is 17.0. The molecular weight excluding hydrogens is 504 g/mol. The molecule has 4 rings (SSSR count). The largest absolute Gasteiger partial charge is 0.343 e. The van der Waals surface area contributed by atoms with Gasteiger partial charge in [0.1, 0.15) is 0 Å². The van der Waals surface area contributed by atoms with Crippen LogP contribution in [0.4, 0.5) is 11.4 Å². The molecule has 1 aliphatic carbocycles. The molecule has 0 unspecified atom stereocenters. The maximum Gasteiger partial charge on any atom is 0.261 e. The van der Waals surface area contributed by atoms with Crippen molar-refractivity contribution in [1.29, 1.82) is 0 Å². The van der Waals surface area contributed by atoms with E-state index in [0.717, 1.165) is 12.8 Å². The fourth-order valence-electron chi connectivity index (χ4n) is 4.41. The van der Waals surface area contributed by atoms with Crippen LogP contribution >= 0.6 is 0 Å². The van der Waals surface area contributed by atoms with Crippen LogP contribution < -0.4 is 10.0 Å². The van der Waals surface area contributed by atoms with Crippen LogP contribution in [0.25, 0.3) is 0 Å². The lowest BCUT2D eigenvalue weighted by Gasteiger charge is -2.37. The molecule has 36 heavy (non-hydrogen) atoms. The van der Waals surface area contributed by atoms with E-state index in [4.69, 9.17) is 0 Å². The Morgan fingerprint density at radius 1 is 0.778 bits per heavy atom. The Balaban J connectivity index is 1.48. The van der Waals surface area contributed by atoms with Gasteiger partial charge < -0.3 is 10.2 Å². The topological polar surface area (TPSA) is 133 Å². The van der Waals surface area contributed by atoms with E-state index in [1.54, 1.807) is 9.21 Å². The van der Waals surface area contributed by atoms with E-state index in [0.29, 0.717) is 31.6 Å². The first kappa shape index (κ1) is 26.1. The lowest BCUT2D eigenvalue weighted by molar-refractivity contribution is -0.130. The number of amides is 2. The second-order valence-electron chi connectivity index (χ2n) is 9.14. The fourth-order valence-corrected chi connectivity index (χ4v) is 7.40. The van der Waals surface area contributed by atoms with Crippen molar-refractivity contribution in [3.8, 4) is 0 Å². The minimum Gasteiger partial charge on any atom is -0.343 e. The number of piperidine rings is 1. The lowest BCUT2D eigenvalue weighted by Crippen LogP contribution is -2.49. The second-order valence-corrected chi connectivity index (χ2v) is 12.7. The standard InChI is InChI=1S/C24H30N4O6S2/c1-17(29)25-19-3-9-23(10-4-19)35(31,32)26-20-5-11-24(12-6-20)36(33,34)28(21-7-8-21)22-13-15-27(16-14-22)18(2)30/h3-6,9-12,21-22,26H,7-8,13-16H2,1-2H3,(H,25,29). The summed E-state index contributed by atoms with van der Waals surface area (Å²) in [5.41, 5.74) is 0.704. The van der Waals surface area contributed by atoms with Crippen molar-refractivity contribution in [2.75, 3.05) is 23.1 Å². The zero-order valence-corrected chi connectivity index (χ0v) is 21.8. The summed E-state index contributed by atoms with van der Waals surface area (Å²) in [5, 5.41) is 2.57. The molecule has 2 aromatic rings. The van der Waals surface area contributed by atoms with E-state index in [-0.39, 0.29) is 39.4 Å². The molecular formula is C24H30N4O6S2. The predicted molar refractivity (Wildman–Crippen MR) is 135 cm³/mol. The quantitative estimate of drug-likeness (QED) is 0.535. The Kier molecular flexibility index (Phi) is 7.39. The molecule has 1 saturated carbocycles. The Bertz CT molecular complexity index is 1330. The van der Waals surface area contributed by atoms with E-state index >= 15 is 0 Å². The van der Waals surface area contributed by atoms with Gasteiger partial charge in [0.05, 0.1) is 9.79 Å². The van der Waals surface area contributed by atoms with Crippen LogP contribution in [-0.4, -0.2) is 63.0 Å². The van der Waals surface area contributed by atoms with Gasteiger partial charge in [-0.3, -0.25) is 14.3 Å². The van der Waals surface area contributed by atoms with Crippen molar-refractivity contribution < 1.29 is 26.4 Å². The molecule has 10 nitrogen and oxygen atoms in total. The summed E-state index contributed by atoms with van der Waals surface area (Å²) in [6.45, 7) is 3.94. The van der Waals surface area contributed by atoms with E-state index < -0.39 is 20.0 Å². The SMILES string of the molecule is CC(=O)Nc1ccc(S(=O)(=O)Nc2ccc(S(=O)(=O)N(C3CC3)C3CCN(C(C)=O)CC3)cc2)cc1. The molecule has 0 spiro atoms. The van der Waals surface area contributed by atoms with Gasteiger partial charge >= 0.3 is 0 Å². The van der Waals surface area contributed by atoms with Gasteiger partial charge in [-0.15, -0.1) is 0 Å². The average Bonchev–Trinajstić information content (AvgIpc) is 3.64. The van der Waals surface area contributed by atoms with Crippen molar-refractivity contribution >= 4 is 43.2 Å². The number of carbonyl (C=O) groups excluding carboxylic acids is 2. The molecule has 2 N–H and O–H groups in total. The molecule has 2 aliphatic rings. The van der Waals surface area contributed by atoms with E-state index in [9.17, 15) is 26.4 Å². The van der Waals surface area contributed by atoms with E-state index in [1.807, 2.05) is 0 Å². The highest BCUT2D eigenvalue weighted by Gasteiger charge is 2.43. The molecule has 2 fully saturated rings. The molecule has 2 aromatic carbocycles. The van der Waals surface area contributed by atoms with Gasteiger partial charge in [-0.2, -0.15) is 4.31 Å². The number of rotatable bonds is 8. The molecule has 0 aromatic heterocycles. The third-order valence-electron chi connectivity index (χ3n) is 6.34. The highest BCUT2D eigenvalue weighted by atomic mass is 32.2. The minimum absolute atomic E-state index is 0.00371. The Morgan fingerprint density at radius 3 is 1.78 bits per heavy atom. The van der Waals surface area contributed by atoms with Crippen molar-refractivity contribution in [2.24, 2.45) is 0 Å². The van der Waals surface area contributed by atoms with Crippen LogP contribution in [0.2, 0.25) is 0 Å². The summed E-state index contributed by atoms with van der Waals surface area (Å²) in [4.78, 5) is 24.6. The van der Waals surface area contributed by atoms with Crippen LogP contribution in [0.3, 0.4) is 0 Å². The normalized spacial score (nSPS) is 17.1. The first-order valence-corrected chi connectivity index (χ1v) is 14.7. The third-order valence-corrected chi connectivity index (χ3v) is 9.76. The van der Waals surface area contributed by atoms with E-state index in [1.165, 1.54) is 62.4 Å². The van der Waals surface area contributed by atoms with Crippen LogP contribution in [0, 0.1) is 0 Å². The van der Waals surface area contributed by atoms with Gasteiger partial charge in [0.2, 0.25) is 21.8 Å². The number of carbonyl (C=O) groups is 2. The van der Waals surface area contributed by atoms with Gasteiger partial charge in [0, 0.05) is 50.4 Å². The first-order valence-electron chi connectivity index (χ1n) is 11.8. The number of hydrogen-bond acceptors (Lipinski definition) is 6. The van der Waals surface area contributed by atoms with Gasteiger partial charge in [0.25, 0.3) is 10.0 Å². The molecule has 1 saturated heterocycles. The lowest BCUT2D eigenvalue weighted by atomic mass is 10.0. The number of nitrogens with one attached hydrogen (secondary N) is 2. The molecule has 0 bridgehead atoms. The smallest absolute Gasteiger partial charge is 0.261 e. The van der Waals surface area contributed by atoms with Crippen LogP contribution in [0.1, 0.15) is 39.5 Å². The molecule has 2 amide bonds. The zero-order chi connectivity index (χ0) is 26.1. The maximum absolute atomic E-state index is 13.5. The fraction of sp³-hybridized carbons (Fsp3) is 0.417. The zero-order valence-electron chi connectivity index (χ0n) is 20.2. The van der Waals surface area contributed by atoms with Gasteiger partial charge in [0.15, 0.2) is 0 Å². The van der Waals surface area contributed by atoms with E-state index in [2.05, 4.69) is 10.0 Å². The number of benzene rings is 2. The van der Waals surface area contributed by atoms with Crippen molar-refractivity contribution in [1.82, 2.24) is 9.21 Å². The summed E-state index contributed by atoms with van der Waals surface area (Å²) < 4.78 is 56.6.